The molecule has 142 valence electrons. The van der Waals surface area contributed by atoms with Gasteiger partial charge < -0.3 is 15.2 Å². The van der Waals surface area contributed by atoms with Crippen molar-refractivity contribution >= 4 is 32.2 Å². The highest BCUT2D eigenvalue weighted by atomic mass is 32.2. The van der Waals surface area contributed by atoms with Crippen molar-refractivity contribution < 1.29 is 14.1 Å². The molecule has 0 radical (unpaired) electrons. The molecular weight excluding hydrogens is 364 g/mol. The molecule has 0 fully saturated rings. The fourth-order valence-electron chi connectivity index (χ4n) is 2.57. The number of benzene rings is 2. The van der Waals surface area contributed by atoms with E-state index in [1.54, 1.807) is 44.5 Å². The molecule has 2 atom stereocenters. The van der Waals surface area contributed by atoms with Crippen LogP contribution in [-0.4, -0.2) is 34.1 Å². The second-order valence-electron chi connectivity index (χ2n) is 6.14. The quantitative estimate of drug-likeness (QED) is 0.498. The molecule has 27 heavy (non-hydrogen) atoms. The molecule has 4 N–H and O–H groups in total. The van der Waals surface area contributed by atoms with Gasteiger partial charge >= 0.3 is 0 Å². The van der Waals surface area contributed by atoms with E-state index >= 15 is 0 Å². The third-order valence-corrected chi connectivity index (χ3v) is 5.51. The Hall–Kier alpha value is -2.68. The van der Waals surface area contributed by atoms with Gasteiger partial charge in [-0.05, 0) is 49.4 Å². The molecule has 1 heterocycles. The fraction of sp³-hybridized carbons (Fsp3) is 0.211. The van der Waals surface area contributed by atoms with Crippen molar-refractivity contribution in [1.29, 1.82) is 4.78 Å². The van der Waals surface area contributed by atoms with Crippen LogP contribution in [0.5, 0.6) is 5.75 Å². The van der Waals surface area contributed by atoms with Crippen molar-refractivity contribution in [1.82, 2.24) is 9.71 Å². The standard InChI is InChI=1S/C19H22N4O3S/c1-13(24)12-22-27(20,25)16-6-3-14(4-7-16)23-18-9-10-21-19-11-15(26-2)5-8-17(18)19/h3-11,13,24H,12H2,1-2H3,(H,21,23)(H2,20,22,25). The summed E-state index contributed by atoms with van der Waals surface area (Å²) in [4.78, 5) is 4.72. The summed E-state index contributed by atoms with van der Waals surface area (Å²) < 4.78 is 28.2. The molecule has 2 unspecified atom stereocenters. The van der Waals surface area contributed by atoms with Crippen molar-refractivity contribution in [2.24, 2.45) is 0 Å². The number of fused-ring (bicyclic) bond motifs is 1. The van der Waals surface area contributed by atoms with E-state index in [1.807, 2.05) is 24.3 Å². The zero-order chi connectivity index (χ0) is 19.4. The Morgan fingerprint density at radius 3 is 2.63 bits per heavy atom. The normalized spacial score (nSPS) is 14.5. The van der Waals surface area contributed by atoms with Crippen LogP contribution in [0.1, 0.15) is 6.92 Å². The lowest BCUT2D eigenvalue weighted by molar-refractivity contribution is 0.199. The number of aliphatic hydroxyl groups is 1. The van der Waals surface area contributed by atoms with Crippen LogP contribution in [0.2, 0.25) is 0 Å². The number of methoxy groups -OCH3 is 1. The summed E-state index contributed by atoms with van der Waals surface area (Å²) in [6.07, 6.45) is 1.05. The van der Waals surface area contributed by atoms with E-state index < -0.39 is 16.0 Å². The summed E-state index contributed by atoms with van der Waals surface area (Å²) in [6.45, 7) is 1.67. The van der Waals surface area contributed by atoms with Gasteiger partial charge in [0.1, 0.15) is 15.7 Å². The van der Waals surface area contributed by atoms with Crippen LogP contribution in [0.15, 0.2) is 59.6 Å². The lowest BCUT2D eigenvalue weighted by atomic mass is 10.1. The first-order valence-corrected chi connectivity index (χ1v) is 9.96. The first-order chi connectivity index (χ1) is 12.9. The number of hydrogen-bond donors (Lipinski definition) is 4. The Labute approximate surface area is 158 Å². The van der Waals surface area contributed by atoms with E-state index in [-0.39, 0.29) is 6.54 Å². The van der Waals surface area contributed by atoms with Gasteiger partial charge in [-0.1, -0.05) is 0 Å². The zero-order valence-electron chi connectivity index (χ0n) is 15.1. The predicted molar refractivity (Wildman–Crippen MR) is 107 cm³/mol. The number of aliphatic hydroxyl groups excluding tert-OH is 1. The third-order valence-electron chi connectivity index (χ3n) is 4.00. The van der Waals surface area contributed by atoms with E-state index in [9.17, 15) is 9.32 Å². The lowest BCUT2D eigenvalue weighted by Gasteiger charge is -2.13. The molecule has 0 aliphatic heterocycles. The van der Waals surface area contributed by atoms with Crippen molar-refractivity contribution in [3.05, 3.63) is 54.7 Å². The van der Waals surface area contributed by atoms with Gasteiger partial charge in [0.25, 0.3) is 0 Å². The van der Waals surface area contributed by atoms with Gasteiger partial charge in [-0.3, -0.25) is 4.98 Å². The second-order valence-corrected chi connectivity index (χ2v) is 8.02. The molecule has 7 nitrogen and oxygen atoms in total. The van der Waals surface area contributed by atoms with Crippen molar-refractivity contribution in [3.63, 3.8) is 0 Å². The van der Waals surface area contributed by atoms with Crippen LogP contribution in [0.25, 0.3) is 10.9 Å². The number of hydrogen-bond acceptors (Lipinski definition) is 6. The van der Waals surface area contributed by atoms with E-state index in [1.165, 1.54) is 0 Å². The lowest BCUT2D eigenvalue weighted by Crippen LogP contribution is -2.29. The first kappa shape index (κ1) is 19.1. The maximum absolute atomic E-state index is 12.4. The molecule has 0 spiro atoms. The maximum atomic E-state index is 12.4. The highest BCUT2D eigenvalue weighted by Crippen LogP contribution is 2.28. The summed E-state index contributed by atoms with van der Waals surface area (Å²) in [6, 6.07) is 14.4. The monoisotopic (exact) mass is 386 g/mol. The summed E-state index contributed by atoms with van der Waals surface area (Å²) in [5.74, 6) is 0.742. The van der Waals surface area contributed by atoms with Crippen LogP contribution < -0.4 is 14.8 Å². The number of pyridine rings is 1. The minimum absolute atomic E-state index is 0.0921. The average molecular weight is 386 g/mol. The summed E-state index contributed by atoms with van der Waals surface area (Å²) in [5.41, 5.74) is 2.49. The molecule has 0 aliphatic carbocycles. The number of rotatable bonds is 7. The Bertz CT molecular complexity index is 1030. The molecule has 0 bridgehead atoms. The first-order valence-electron chi connectivity index (χ1n) is 8.40. The Morgan fingerprint density at radius 2 is 1.96 bits per heavy atom. The number of anilines is 2. The van der Waals surface area contributed by atoms with E-state index in [2.05, 4.69) is 15.0 Å². The van der Waals surface area contributed by atoms with E-state index in [4.69, 9.17) is 9.52 Å². The van der Waals surface area contributed by atoms with Crippen LogP contribution in [-0.2, 0) is 9.92 Å². The van der Waals surface area contributed by atoms with Crippen molar-refractivity contribution in [2.75, 3.05) is 19.0 Å². The van der Waals surface area contributed by atoms with Crippen LogP contribution in [0, 0.1) is 4.78 Å². The van der Waals surface area contributed by atoms with Crippen molar-refractivity contribution in [3.8, 4) is 5.75 Å². The van der Waals surface area contributed by atoms with Crippen LogP contribution >= 0.6 is 0 Å². The molecule has 0 aliphatic rings. The third kappa shape index (κ3) is 4.54. The fourth-order valence-corrected chi connectivity index (χ4v) is 3.73. The SMILES string of the molecule is COc1ccc2c(Nc3ccc(S(=N)(=O)NCC(C)O)cc3)ccnc2c1. The maximum Gasteiger partial charge on any atom is 0.134 e. The molecule has 2 aromatic carbocycles. The minimum atomic E-state index is -3.15. The molecular formula is C19H22N4O3S. The van der Waals surface area contributed by atoms with Gasteiger partial charge in [0.15, 0.2) is 0 Å². The van der Waals surface area contributed by atoms with Gasteiger partial charge in [-0.15, -0.1) is 0 Å². The largest absolute Gasteiger partial charge is 0.497 e. The van der Waals surface area contributed by atoms with Crippen LogP contribution in [0.4, 0.5) is 11.4 Å². The Kier molecular flexibility index (Phi) is 5.59. The second kappa shape index (κ2) is 7.91. The predicted octanol–water partition coefficient (Wildman–Crippen LogP) is 3.28. The van der Waals surface area contributed by atoms with Gasteiger partial charge in [0.2, 0.25) is 0 Å². The van der Waals surface area contributed by atoms with Gasteiger partial charge in [0.05, 0.1) is 23.6 Å². The van der Waals surface area contributed by atoms with Gasteiger partial charge in [-0.25, -0.2) is 13.7 Å². The van der Waals surface area contributed by atoms with Gasteiger partial charge in [-0.2, -0.15) is 0 Å². The number of nitrogens with zero attached hydrogens (tertiary/aromatic N) is 1. The summed E-state index contributed by atoms with van der Waals surface area (Å²) in [5, 5.41) is 13.6. The summed E-state index contributed by atoms with van der Waals surface area (Å²) >= 11 is 0. The number of aromatic nitrogens is 1. The molecule has 0 saturated carbocycles. The summed E-state index contributed by atoms with van der Waals surface area (Å²) in [7, 11) is -1.53. The Morgan fingerprint density at radius 1 is 1.22 bits per heavy atom. The highest BCUT2D eigenvalue weighted by molar-refractivity contribution is 7.90. The molecule has 8 heteroatoms. The molecule has 3 rings (SSSR count). The minimum Gasteiger partial charge on any atom is -0.497 e. The highest BCUT2D eigenvalue weighted by Gasteiger charge is 2.11. The van der Waals surface area contributed by atoms with Crippen molar-refractivity contribution in [2.45, 2.75) is 17.9 Å². The smallest absolute Gasteiger partial charge is 0.134 e. The molecule has 1 aromatic heterocycles. The number of ether oxygens (including phenoxy) is 1. The topological polar surface area (TPSA) is 107 Å². The number of nitrogens with one attached hydrogen (secondary N) is 3. The Balaban J connectivity index is 1.82. The molecule has 0 saturated heterocycles. The molecule has 3 aromatic rings. The van der Waals surface area contributed by atoms with E-state index in [0.29, 0.717) is 4.90 Å². The van der Waals surface area contributed by atoms with Gasteiger partial charge in [0, 0.05) is 35.6 Å². The van der Waals surface area contributed by atoms with E-state index in [0.717, 1.165) is 28.0 Å². The van der Waals surface area contributed by atoms with Crippen LogP contribution in [0.3, 0.4) is 0 Å². The average Bonchev–Trinajstić information content (AvgIpc) is 2.67. The molecule has 0 amide bonds. The zero-order valence-corrected chi connectivity index (χ0v) is 15.9.